The minimum atomic E-state index is -0.341. The van der Waals surface area contributed by atoms with Crippen LogP contribution < -0.4 is 4.74 Å². The summed E-state index contributed by atoms with van der Waals surface area (Å²) in [4.78, 5) is 17.8. The monoisotopic (exact) mass is 305 g/mol. The summed E-state index contributed by atoms with van der Waals surface area (Å²) >= 11 is 0. The molecule has 2 aromatic rings. The molecule has 2 aliphatic rings. The molecule has 0 radical (unpaired) electrons. The SMILES string of the molecule is COC(=O)N1CC[C@@H](c2nc3c(F)ccc4c3n2CCO4)C1. The van der Waals surface area contributed by atoms with Crippen LogP contribution in [0.25, 0.3) is 11.0 Å². The molecule has 0 unspecified atom stereocenters. The number of carbonyl (C=O) groups is 1. The number of likely N-dealkylation sites (tertiary alicyclic amines) is 1. The number of methoxy groups -OCH3 is 1. The Labute approximate surface area is 126 Å². The summed E-state index contributed by atoms with van der Waals surface area (Å²) in [7, 11) is 1.38. The predicted molar refractivity (Wildman–Crippen MR) is 76.5 cm³/mol. The van der Waals surface area contributed by atoms with Crippen molar-refractivity contribution < 1.29 is 18.7 Å². The van der Waals surface area contributed by atoms with Gasteiger partial charge in [-0.2, -0.15) is 0 Å². The number of halogens is 1. The Hall–Kier alpha value is -2.31. The second kappa shape index (κ2) is 4.86. The first kappa shape index (κ1) is 13.4. The highest BCUT2D eigenvalue weighted by Crippen LogP contribution is 2.36. The molecule has 0 aliphatic carbocycles. The van der Waals surface area contributed by atoms with Gasteiger partial charge in [0, 0.05) is 19.0 Å². The molecule has 1 aromatic heterocycles. The third-order valence-electron chi connectivity index (χ3n) is 4.40. The lowest BCUT2D eigenvalue weighted by Gasteiger charge is -2.20. The molecule has 2 aliphatic heterocycles. The van der Waals surface area contributed by atoms with Crippen LogP contribution in [0.15, 0.2) is 12.1 Å². The number of benzene rings is 1. The first-order chi connectivity index (χ1) is 10.7. The van der Waals surface area contributed by atoms with Gasteiger partial charge in [-0.1, -0.05) is 0 Å². The van der Waals surface area contributed by atoms with Gasteiger partial charge in [-0.15, -0.1) is 0 Å². The number of carbonyl (C=O) groups excluding carboxylic acids is 1. The predicted octanol–water partition coefficient (Wildman–Crippen LogP) is 2.12. The fraction of sp³-hybridized carbons (Fsp3) is 0.467. The van der Waals surface area contributed by atoms with E-state index in [1.165, 1.54) is 13.2 Å². The smallest absolute Gasteiger partial charge is 0.409 e. The normalized spacial score (nSPS) is 20.3. The van der Waals surface area contributed by atoms with Crippen LogP contribution in [0.5, 0.6) is 5.75 Å². The molecule has 1 saturated heterocycles. The van der Waals surface area contributed by atoms with Crippen molar-refractivity contribution >= 4 is 17.1 Å². The van der Waals surface area contributed by atoms with Crippen LogP contribution >= 0.6 is 0 Å². The standard InChI is InChI=1S/C15H16FN3O3/c1-21-15(20)18-5-4-9(8-18)14-17-12-10(16)2-3-11-13(12)19(14)6-7-22-11/h2-3,9H,4-8H2,1H3/t9-/m1/s1. The maximum Gasteiger partial charge on any atom is 0.409 e. The quantitative estimate of drug-likeness (QED) is 0.810. The van der Waals surface area contributed by atoms with E-state index < -0.39 is 0 Å². The Balaban J connectivity index is 1.76. The first-order valence-corrected chi connectivity index (χ1v) is 7.33. The fourth-order valence-electron chi connectivity index (χ4n) is 3.36. The molecular weight excluding hydrogens is 289 g/mol. The molecular formula is C15H16FN3O3. The highest BCUT2D eigenvalue weighted by atomic mass is 19.1. The Morgan fingerprint density at radius 2 is 2.32 bits per heavy atom. The zero-order valence-corrected chi connectivity index (χ0v) is 12.2. The Morgan fingerprint density at radius 3 is 3.14 bits per heavy atom. The molecule has 1 atom stereocenters. The van der Waals surface area contributed by atoms with Gasteiger partial charge < -0.3 is 18.9 Å². The van der Waals surface area contributed by atoms with E-state index in [9.17, 15) is 9.18 Å². The van der Waals surface area contributed by atoms with Crippen molar-refractivity contribution in [3.8, 4) is 5.75 Å². The van der Waals surface area contributed by atoms with E-state index in [2.05, 4.69) is 4.98 Å². The van der Waals surface area contributed by atoms with Crippen LogP contribution in [-0.2, 0) is 11.3 Å². The summed E-state index contributed by atoms with van der Waals surface area (Å²) in [5.74, 6) is 1.25. The van der Waals surface area contributed by atoms with Crippen molar-refractivity contribution in [1.29, 1.82) is 0 Å². The summed E-state index contributed by atoms with van der Waals surface area (Å²) in [6.07, 6.45) is 0.475. The topological polar surface area (TPSA) is 56.6 Å². The molecule has 4 rings (SSSR count). The second-order valence-electron chi connectivity index (χ2n) is 5.61. The zero-order valence-electron chi connectivity index (χ0n) is 12.2. The average Bonchev–Trinajstić information content (AvgIpc) is 3.16. The molecule has 3 heterocycles. The largest absolute Gasteiger partial charge is 0.489 e. The lowest BCUT2D eigenvalue weighted by Crippen LogP contribution is -2.28. The number of imidazole rings is 1. The molecule has 1 aromatic carbocycles. The van der Waals surface area contributed by atoms with E-state index in [1.807, 2.05) is 4.57 Å². The van der Waals surface area contributed by atoms with E-state index in [4.69, 9.17) is 9.47 Å². The summed E-state index contributed by atoms with van der Waals surface area (Å²) in [6, 6.07) is 3.04. The molecule has 0 bridgehead atoms. The van der Waals surface area contributed by atoms with Gasteiger partial charge in [0.15, 0.2) is 5.82 Å². The third-order valence-corrected chi connectivity index (χ3v) is 4.40. The van der Waals surface area contributed by atoms with Crippen LogP contribution in [0, 0.1) is 5.82 Å². The molecule has 116 valence electrons. The Kier molecular flexibility index (Phi) is 2.95. The van der Waals surface area contributed by atoms with E-state index in [0.29, 0.717) is 37.5 Å². The first-order valence-electron chi connectivity index (χ1n) is 7.33. The van der Waals surface area contributed by atoms with Gasteiger partial charge in [0.25, 0.3) is 0 Å². The molecule has 6 nitrogen and oxygen atoms in total. The van der Waals surface area contributed by atoms with Gasteiger partial charge in [0.1, 0.15) is 29.2 Å². The maximum absolute atomic E-state index is 14.1. The number of aromatic nitrogens is 2. The van der Waals surface area contributed by atoms with Crippen molar-refractivity contribution in [2.24, 2.45) is 0 Å². The minimum Gasteiger partial charge on any atom is -0.489 e. The summed E-state index contributed by atoms with van der Waals surface area (Å²) < 4.78 is 26.4. The number of nitrogens with zero attached hydrogens (tertiary/aromatic N) is 3. The number of hydrogen-bond acceptors (Lipinski definition) is 4. The number of hydrogen-bond donors (Lipinski definition) is 0. The van der Waals surface area contributed by atoms with E-state index in [1.54, 1.807) is 11.0 Å². The van der Waals surface area contributed by atoms with Crippen molar-refractivity contribution in [2.75, 3.05) is 26.8 Å². The minimum absolute atomic E-state index is 0.0943. The van der Waals surface area contributed by atoms with E-state index >= 15 is 0 Å². The van der Waals surface area contributed by atoms with Gasteiger partial charge in [-0.3, -0.25) is 0 Å². The maximum atomic E-state index is 14.1. The fourth-order valence-corrected chi connectivity index (χ4v) is 3.36. The van der Waals surface area contributed by atoms with Gasteiger partial charge >= 0.3 is 6.09 Å². The summed E-state index contributed by atoms with van der Waals surface area (Å²) in [6.45, 7) is 2.38. The summed E-state index contributed by atoms with van der Waals surface area (Å²) in [5.41, 5.74) is 1.07. The lowest BCUT2D eigenvalue weighted by molar-refractivity contribution is 0.132. The van der Waals surface area contributed by atoms with Crippen LogP contribution in [0.2, 0.25) is 0 Å². The van der Waals surface area contributed by atoms with Gasteiger partial charge in [0.2, 0.25) is 0 Å². The molecule has 1 fully saturated rings. The van der Waals surface area contributed by atoms with Gasteiger partial charge in [-0.05, 0) is 18.6 Å². The van der Waals surface area contributed by atoms with Crippen molar-refractivity contribution in [3.63, 3.8) is 0 Å². The number of amides is 1. The van der Waals surface area contributed by atoms with Gasteiger partial charge in [0.05, 0.1) is 13.7 Å². The molecule has 0 spiro atoms. The Morgan fingerprint density at radius 1 is 1.45 bits per heavy atom. The second-order valence-corrected chi connectivity index (χ2v) is 5.61. The van der Waals surface area contributed by atoms with E-state index in [-0.39, 0.29) is 17.8 Å². The van der Waals surface area contributed by atoms with Crippen molar-refractivity contribution in [1.82, 2.24) is 14.5 Å². The van der Waals surface area contributed by atoms with Crippen molar-refractivity contribution in [3.05, 3.63) is 23.8 Å². The molecule has 0 saturated carbocycles. The number of rotatable bonds is 1. The molecule has 22 heavy (non-hydrogen) atoms. The molecule has 1 amide bonds. The molecule has 7 heteroatoms. The van der Waals surface area contributed by atoms with Crippen LogP contribution in [0.1, 0.15) is 18.2 Å². The highest BCUT2D eigenvalue weighted by molar-refractivity contribution is 5.84. The summed E-state index contributed by atoms with van der Waals surface area (Å²) in [5, 5.41) is 0. The third kappa shape index (κ3) is 1.84. The highest BCUT2D eigenvalue weighted by Gasteiger charge is 2.33. The molecule has 0 N–H and O–H groups in total. The van der Waals surface area contributed by atoms with Crippen molar-refractivity contribution in [2.45, 2.75) is 18.9 Å². The van der Waals surface area contributed by atoms with Crippen LogP contribution in [-0.4, -0.2) is 47.4 Å². The van der Waals surface area contributed by atoms with Gasteiger partial charge in [-0.25, -0.2) is 14.2 Å². The average molecular weight is 305 g/mol. The Bertz CT molecular complexity index is 758. The zero-order chi connectivity index (χ0) is 15.3. The van der Waals surface area contributed by atoms with E-state index in [0.717, 1.165) is 17.8 Å². The van der Waals surface area contributed by atoms with Crippen LogP contribution in [0.3, 0.4) is 0 Å². The van der Waals surface area contributed by atoms with Crippen LogP contribution in [0.4, 0.5) is 9.18 Å². The number of ether oxygens (including phenoxy) is 2. The lowest BCUT2D eigenvalue weighted by atomic mass is 10.1.